The maximum absolute atomic E-state index is 10.2. The summed E-state index contributed by atoms with van der Waals surface area (Å²) in [6.45, 7) is 2.26. The second-order valence-electron chi connectivity index (χ2n) is 5.36. The van der Waals surface area contributed by atoms with E-state index in [-0.39, 0.29) is 36.0 Å². The van der Waals surface area contributed by atoms with Crippen molar-refractivity contribution < 1.29 is 39.5 Å². The van der Waals surface area contributed by atoms with Gasteiger partial charge >= 0.3 is 29.6 Å². The first kappa shape index (κ1) is 21.8. The third-order valence-corrected chi connectivity index (χ3v) is 3.48. The predicted octanol–water partition coefficient (Wildman–Crippen LogP) is 1.22. The third-order valence-electron chi connectivity index (χ3n) is 3.48. The summed E-state index contributed by atoms with van der Waals surface area (Å²) in [6, 6.07) is 0. The SMILES string of the molecule is [13CH3][13CH2][13CH2][13CH2][13CH2][13CH2][13CH2][13CH2][13CH2][13CH2][13CH2][13CH2][13CH2][13CH2][13CH2][13C](=O)[O-].[Na+]. The van der Waals surface area contributed by atoms with Crippen LogP contribution in [0.2, 0.25) is 0 Å². The van der Waals surface area contributed by atoms with E-state index in [0.717, 1.165) is 12.8 Å². The number of carbonyl (C=O) groups excluding carboxylic acids is 1. The molecule has 0 N–H and O–H groups in total. The van der Waals surface area contributed by atoms with Crippen molar-refractivity contribution >= 4 is 5.97 Å². The smallest absolute Gasteiger partial charge is 0.550 e. The largest absolute Gasteiger partial charge is 1.00 e. The maximum Gasteiger partial charge on any atom is 1.00 e. The summed E-state index contributed by atoms with van der Waals surface area (Å²) in [5.74, 6) is -0.905. The average molecular weight is 294 g/mol. The first-order chi connectivity index (χ1) is 8.77. The van der Waals surface area contributed by atoms with Gasteiger partial charge in [-0.15, -0.1) is 0 Å². The summed E-state index contributed by atoms with van der Waals surface area (Å²) in [5, 5.41) is 10.2. The molecule has 0 unspecified atom stereocenters. The van der Waals surface area contributed by atoms with Gasteiger partial charge in [0.2, 0.25) is 0 Å². The van der Waals surface area contributed by atoms with Gasteiger partial charge in [-0.25, -0.2) is 0 Å². The number of carbonyl (C=O) groups is 1. The second kappa shape index (κ2) is 18.5. The summed E-state index contributed by atoms with van der Waals surface area (Å²) < 4.78 is 0. The van der Waals surface area contributed by atoms with E-state index < -0.39 is 5.97 Å². The van der Waals surface area contributed by atoms with Gasteiger partial charge in [0.1, 0.15) is 0 Å². The van der Waals surface area contributed by atoms with Crippen LogP contribution in [0.3, 0.4) is 0 Å². The molecule has 0 heterocycles. The Kier molecular flexibility index (Phi) is 21.2. The van der Waals surface area contributed by atoms with Crippen LogP contribution in [0.4, 0.5) is 0 Å². The molecule has 0 radical (unpaired) electrons. The Bertz CT molecular complexity index is 184. The minimum Gasteiger partial charge on any atom is -0.550 e. The van der Waals surface area contributed by atoms with Gasteiger partial charge in [0, 0.05) is 5.97 Å². The molecule has 19 heavy (non-hydrogen) atoms. The van der Waals surface area contributed by atoms with Crippen molar-refractivity contribution in [2.45, 2.75) is 96.8 Å². The van der Waals surface area contributed by atoms with E-state index in [0.29, 0.717) is 0 Å². The number of hydrogen-bond donors (Lipinski definition) is 0. The van der Waals surface area contributed by atoms with Crippen LogP contribution in [0.5, 0.6) is 0 Å². The fourth-order valence-corrected chi connectivity index (χ4v) is 2.29. The summed E-state index contributed by atoms with van der Waals surface area (Å²) in [5.41, 5.74) is 0. The van der Waals surface area contributed by atoms with Crippen LogP contribution in [0, 0.1) is 0 Å². The molecule has 0 spiro atoms. The van der Waals surface area contributed by atoms with Crippen molar-refractivity contribution in [1.29, 1.82) is 0 Å². The van der Waals surface area contributed by atoms with Gasteiger partial charge in [0.05, 0.1) is 0 Å². The Morgan fingerprint density at radius 1 is 0.684 bits per heavy atom. The molecular formula is C16H31NaO2. The molecule has 0 aromatic rings. The van der Waals surface area contributed by atoms with Gasteiger partial charge in [-0.05, 0) is 12.8 Å². The van der Waals surface area contributed by atoms with E-state index in [9.17, 15) is 9.90 Å². The quantitative estimate of drug-likeness (QED) is 0.274. The maximum atomic E-state index is 10.2. The number of rotatable bonds is 14. The van der Waals surface area contributed by atoms with Crippen molar-refractivity contribution in [2.24, 2.45) is 0 Å². The monoisotopic (exact) mass is 294 g/mol. The molecule has 0 bridgehead atoms. The minimum atomic E-state index is -0.905. The topological polar surface area (TPSA) is 40.1 Å². The van der Waals surface area contributed by atoms with Crippen LogP contribution in [0.15, 0.2) is 0 Å². The average Bonchev–Trinajstić information content (AvgIpc) is 2.34. The molecule has 0 aromatic heterocycles. The Morgan fingerprint density at radius 3 is 1.32 bits per heavy atom. The third kappa shape index (κ3) is 20.9. The molecule has 108 valence electrons. The van der Waals surface area contributed by atoms with Gasteiger partial charge in [-0.2, -0.15) is 0 Å². The van der Waals surface area contributed by atoms with E-state index in [1.54, 1.807) is 0 Å². The van der Waals surface area contributed by atoms with Gasteiger partial charge < -0.3 is 9.90 Å². The summed E-state index contributed by atoms with van der Waals surface area (Å²) in [4.78, 5) is 10.2. The Hall–Kier alpha value is 0.470. The minimum absolute atomic E-state index is 0. The molecule has 0 atom stereocenters. The molecule has 0 aromatic carbocycles. The zero-order chi connectivity index (χ0) is 13.5. The van der Waals surface area contributed by atoms with Crippen molar-refractivity contribution in [3.05, 3.63) is 0 Å². The Labute approximate surface area is 142 Å². The molecule has 2 nitrogen and oxygen atoms in total. The molecular weight excluding hydrogens is 263 g/mol. The number of aliphatic carboxylic acids is 1. The molecule has 0 aliphatic carbocycles. The van der Waals surface area contributed by atoms with Gasteiger partial charge in [-0.3, -0.25) is 0 Å². The number of unbranched alkanes of at least 4 members (excludes halogenated alkanes) is 12. The zero-order valence-electron chi connectivity index (χ0n) is 13.2. The fourth-order valence-electron chi connectivity index (χ4n) is 2.29. The van der Waals surface area contributed by atoms with Crippen LogP contribution in [0.25, 0.3) is 0 Å². The normalized spacial score (nSPS) is 10.2. The summed E-state index contributed by atoms with van der Waals surface area (Å²) in [7, 11) is 0. The molecule has 0 amide bonds. The van der Waals surface area contributed by atoms with E-state index in [1.807, 2.05) is 0 Å². The van der Waals surface area contributed by atoms with E-state index >= 15 is 0 Å². The van der Waals surface area contributed by atoms with Crippen molar-refractivity contribution in [2.75, 3.05) is 0 Å². The molecule has 0 rings (SSSR count). The van der Waals surface area contributed by atoms with Crippen molar-refractivity contribution in [3.63, 3.8) is 0 Å². The first-order valence-corrected chi connectivity index (χ1v) is 7.97. The van der Waals surface area contributed by atoms with E-state index in [1.165, 1.54) is 70.6 Å². The van der Waals surface area contributed by atoms with Crippen LogP contribution in [-0.4, -0.2) is 5.97 Å². The van der Waals surface area contributed by atoms with Gasteiger partial charge in [0.15, 0.2) is 0 Å². The molecule has 0 saturated heterocycles. The standard InChI is InChI=1S/C16H32O2.Na/c1-2-3-4-5-6-7-8-9-10-11-12-13-14-15-16(17)18;/h2-15H2,1H3,(H,17,18);/q;+1/p-1/i1+1,2+1,3+1,4+1,5+1,6+1,7+1,8+1,9+1,10+1,11+1,12+1,13+1,14+1,15+1,16+1;. The zero-order valence-corrected chi connectivity index (χ0v) is 15.2. The molecule has 0 aliphatic rings. The first-order valence-electron chi connectivity index (χ1n) is 7.97. The van der Waals surface area contributed by atoms with E-state index in [2.05, 4.69) is 6.92 Å². The number of carboxylic acid groups (broad SMARTS) is 1. The van der Waals surface area contributed by atoms with Crippen LogP contribution >= 0.6 is 0 Å². The molecule has 3 heteroatoms. The fraction of sp³-hybridized carbons (Fsp3) is 0.938. The van der Waals surface area contributed by atoms with E-state index in [4.69, 9.17) is 0 Å². The molecule has 0 aliphatic heterocycles. The van der Waals surface area contributed by atoms with Crippen LogP contribution < -0.4 is 34.7 Å². The summed E-state index contributed by atoms with van der Waals surface area (Å²) >= 11 is 0. The van der Waals surface area contributed by atoms with Crippen LogP contribution in [0.1, 0.15) is 96.8 Å². The molecule has 0 saturated carbocycles. The Balaban J connectivity index is 0. The predicted molar refractivity (Wildman–Crippen MR) is 75.3 cm³/mol. The van der Waals surface area contributed by atoms with Gasteiger partial charge in [0.25, 0.3) is 0 Å². The number of carboxylic acids is 1. The van der Waals surface area contributed by atoms with Crippen molar-refractivity contribution in [3.8, 4) is 0 Å². The van der Waals surface area contributed by atoms with Crippen LogP contribution in [-0.2, 0) is 4.79 Å². The van der Waals surface area contributed by atoms with Gasteiger partial charge in [-0.1, -0.05) is 84.0 Å². The molecule has 0 fully saturated rings. The Morgan fingerprint density at radius 2 is 1.00 bits per heavy atom. The summed E-state index contributed by atoms with van der Waals surface area (Å²) in [6.07, 6.45) is 16.9. The van der Waals surface area contributed by atoms with Crippen molar-refractivity contribution in [1.82, 2.24) is 0 Å². The second-order valence-corrected chi connectivity index (χ2v) is 5.36. The number of hydrogen-bond acceptors (Lipinski definition) is 2.